The largest absolute Gasteiger partial charge is 0.458 e. The van der Waals surface area contributed by atoms with Gasteiger partial charge in [0, 0.05) is 80.3 Å². The van der Waals surface area contributed by atoms with E-state index in [0.717, 1.165) is 74.8 Å². The van der Waals surface area contributed by atoms with Crippen molar-refractivity contribution >= 4 is 53.7 Å². The van der Waals surface area contributed by atoms with Crippen molar-refractivity contribution in [3.63, 3.8) is 0 Å². The molecule has 4 amide bonds. The molecule has 97 heavy (non-hydrogen) atoms. The second-order valence-corrected chi connectivity index (χ2v) is 29.0. The monoisotopic (exact) mass is 1360 g/mol. The van der Waals surface area contributed by atoms with E-state index in [1.165, 1.54) is 69.7 Å². The average molecular weight is 1360 g/mol. The molecule has 2 saturated heterocycles. The molecule has 3 aromatic rings. The Kier molecular flexibility index (Phi) is 27.2. The van der Waals surface area contributed by atoms with Crippen LogP contribution in [0.25, 0.3) is 0 Å². The van der Waals surface area contributed by atoms with Gasteiger partial charge in [-0.1, -0.05) is 105 Å². The van der Waals surface area contributed by atoms with Gasteiger partial charge in [-0.25, -0.2) is 37.5 Å². The van der Waals surface area contributed by atoms with E-state index in [9.17, 15) is 33.6 Å². The third kappa shape index (κ3) is 23.9. The minimum absolute atomic E-state index is 0.0440. The highest BCUT2D eigenvalue weighted by Crippen LogP contribution is 2.38. The van der Waals surface area contributed by atoms with Gasteiger partial charge in [0.05, 0.1) is 0 Å². The van der Waals surface area contributed by atoms with Crippen LogP contribution in [-0.2, 0) is 95.7 Å². The Morgan fingerprint density at radius 2 is 0.825 bits per heavy atom. The summed E-state index contributed by atoms with van der Waals surface area (Å²) in [6, 6.07) is 18.0. The fourth-order valence-corrected chi connectivity index (χ4v) is 12.1. The lowest BCUT2D eigenvalue weighted by atomic mass is 9.90. The number of hydrogen-bond donors (Lipinski definition) is 0. The summed E-state index contributed by atoms with van der Waals surface area (Å²) in [6.45, 7) is 14.8. The van der Waals surface area contributed by atoms with E-state index in [2.05, 4.69) is 0 Å². The third-order valence-corrected chi connectivity index (χ3v) is 18.3. The highest BCUT2D eigenvalue weighted by atomic mass is 19.1. The van der Waals surface area contributed by atoms with Crippen molar-refractivity contribution in [1.82, 2.24) is 19.6 Å². The van der Waals surface area contributed by atoms with E-state index in [4.69, 9.17) is 37.9 Å². The number of rotatable bonds is 32. The molecule has 23 heteroatoms. The second-order valence-electron chi connectivity index (χ2n) is 29.0. The quantitative estimate of drug-likeness (QED) is 0.0417. The van der Waals surface area contributed by atoms with Gasteiger partial charge in [0.2, 0.25) is 0 Å². The van der Waals surface area contributed by atoms with Crippen LogP contribution in [-0.4, -0.2) is 193 Å². The van der Waals surface area contributed by atoms with Crippen molar-refractivity contribution in [3.8, 4) is 0 Å². The van der Waals surface area contributed by atoms with Crippen LogP contribution in [0.2, 0.25) is 0 Å². The molecular weight excluding hydrogens is 1250 g/mol. The lowest BCUT2D eigenvalue weighted by molar-refractivity contribution is -0.176. The van der Waals surface area contributed by atoms with E-state index in [1.54, 1.807) is 45.0 Å². The number of carbonyl (C=O) groups is 9. The van der Waals surface area contributed by atoms with Gasteiger partial charge in [-0.3, -0.25) is 19.3 Å². The molecule has 0 aromatic heterocycles. The van der Waals surface area contributed by atoms with Gasteiger partial charge in [-0.05, 0) is 152 Å². The number of ether oxygens (including phenoxy) is 8. The highest BCUT2D eigenvalue weighted by Gasteiger charge is 2.46. The molecule has 0 bridgehead atoms. The maximum Gasteiger partial charge on any atom is 0.410 e. The first-order chi connectivity index (χ1) is 45.6. The van der Waals surface area contributed by atoms with E-state index < -0.39 is 132 Å². The molecule has 0 N–H and O–H groups in total. The van der Waals surface area contributed by atoms with Gasteiger partial charge in [0.15, 0.2) is 24.4 Å². The van der Waals surface area contributed by atoms with Crippen molar-refractivity contribution in [3.05, 3.63) is 107 Å². The van der Waals surface area contributed by atoms with Gasteiger partial charge in [0.1, 0.15) is 47.7 Å². The molecule has 2 saturated carbocycles. The van der Waals surface area contributed by atoms with Gasteiger partial charge >= 0.3 is 35.9 Å². The minimum atomic E-state index is -2.15. The van der Waals surface area contributed by atoms with Crippen molar-refractivity contribution in [2.75, 3.05) is 54.6 Å². The fourth-order valence-electron chi connectivity index (χ4n) is 12.1. The standard InChI is InChI=1S/C74H102F2N4O17/c1-46(93-67(85)57(39-48-19-20-48)77(10)65(83)62(42-51-25-29-54(30-26-51)56-33-37-91-38-34-56)96-70(88)60(44-74(8,9)76)80(13)71(89)97-72(3,4)5)63(81)79(12)59(43-73(6,7)75)69(87)95-61(41-50-23-27-53(28-24-50)55-31-35-90-36-32-55)64(82)78(11)58(40-49-21-22-49)68(86)94-47(2)66(84)92-45-52-17-15-14-16-18-52/h14-18,23-30,46-49,55-62H,19-22,31-45H2,1-13H3/t46-,47-,57+,58+,59+,60+,61-,62-/m1/s1. The van der Waals surface area contributed by atoms with Crippen LogP contribution in [0.5, 0.6) is 0 Å². The van der Waals surface area contributed by atoms with Gasteiger partial charge < -0.3 is 52.6 Å². The normalized spacial score (nSPS) is 18.1. The lowest BCUT2D eigenvalue weighted by Gasteiger charge is -2.35. The summed E-state index contributed by atoms with van der Waals surface area (Å²) in [4.78, 5) is 134. The van der Waals surface area contributed by atoms with Crippen molar-refractivity contribution in [2.24, 2.45) is 11.8 Å². The van der Waals surface area contributed by atoms with Crippen LogP contribution in [0.1, 0.15) is 179 Å². The summed E-state index contributed by atoms with van der Waals surface area (Å²) in [7, 11) is 5.19. The lowest BCUT2D eigenvalue weighted by Crippen LogP contribution is -2.54. The highest BCUT2D eigenvalue weighted by molar-refractivity contribution is 5.93. The first-order valence-electron chi connectivity index (χ1n) is 34.1. The molecule has 534 valence electrons. The summed E-state index contributed by atoms with van der Waals surface area (Å²) >= 11 is 0. The van der Waals surface area contributed by atoms with E-state index >= 15 is 18.4 Å². The van der Waals surface area contributed by atoms with Gasteiger partial charge in [0.25, 0.3) is 17.7 Å². The Labute approximate surface area is 570 Å². The summed E-state index contributed by atoms with van der Waals surface area (Å²) in [5, 5.41) is 0. The molecule has 0 spiro atoms. The van der Waals surface area contributed by atoms with Crippen LogP contribution >= 0.6 is 0 Å². The average Bonchev–Trinajstić information content (AvgIpc) is 1.58. The van der Waals surface area contributed by atoms with Crippen LogP contribution in [0.4, 0.5) is 13.6 Å². The number of halogens is 2. The van der Waals surface area contributed by atoms with Crippen LogP contribution in [0, 0.1) is 11.8 Å². The first-order valence-corrected chi connectivity index (χ1v) is 34.1. The number of amides is 4. The SMILES string of the molecule is C[C@@H](OC(=O)[C@H](CC1CC1)N(C)C(=O)[C@@H](Cc1ccc(C2CCOCC2)cc1)OC(=O)[C@H](CC(C)(C)F)N(C)C(=O)[C@@H](C)OC(=O)[C@H](CC1CC1)N(C)C(=O)[C@@H](Cc1ccc(C2CCOCC2)cc1)OC(=O)[C@H](CC(C)(C)F)N(C)C(=O)OC(C)(C)C)C(=O)OCc1ccccc1. The number of hydrogen-bond acceptors (Lipinski definition) is 17. The Morgan fingerprint density at radius 3 is 1.21 bits per heavy atom. The third-order valence-electron chi connectivity index (χ3n) is 18.3. The number of likely N-dealkylation sites (N-methyl/N-ethyl adjacent to an activating group) is 4. The Hall–Kier alpha value is -7.53. The molecule has 21 nitrogen and oxygen atoms in total. The van der Waals surface area contributed by atoms with Gasteiger partial charge in [-0.15, -0.1) is 0 Å². The zero-order valence-electron chi connectivity index (χ0n) is 58.9. The Balaban J connectivity index is 1.12. The molecule has 4 aliphatic rings. The molecule has 7 rings (SSSR count). The smallest absolute Gasteiger partial charge is 0.410 e. The van der Waals surface area contributed by atoms with Crippen molar-refractivity contribution in [1.29, 1.82) is 0 Å². The van der Waals surface area contributed by atoms with Gasteiger partial charge in [-0.2, -0.15) is 0 Å². The van der Waals surface area contributed by atoms with Crippen LogP contribution in [0.15, 0.2) is 78.9 Å². The number of esters is 5. The predicted molar refractivity (Wildman–Crippen MR) is 355 cm³/mol. The van der Waals surface area contributed by atoms with Crippen LogP contribution in [0.3, 0.4) is 0 Å². The molecular formula is C74H102F2N4O17. The zero-order valence-corrected chi connectivity index (χ0v) is 58.9. The number of benzene rings is 3. The number of nitrogens with zero attached hydrogens (tertiary/aromatic N) is 4. The second kappa shape index (κ2) is 34.3. The topological polar surface area (TPSA) is 240 Å². The maximum atomic E-state index is 16.1. The summed E-state index contributed by atoms with van der Waals surface area (Å²) in [5.41, 5.74) is -1.18. The molecule has 0 unspecified atom stereocenters. The first kappa shape index (κ1) is 76.8. The molecule has 2 aliphatic carbocycles. The van der Waals surface area contributed by atoms with Crippen LogP contribution < -0.4 is 0 Å². The van der Waals surface area contributed by atoms with Crippen molar-refractivity contribution < 1.29 is 89.8 Å². The molecule has 2 heterocycles. The van der Waals surface area contributed by atoms with E-state index in [0.29, 0.717) is 50.4 Å². The molecule has 0 radical (unpaired) electrons. The van der Waals surface area contributed by atoms with E-state index in [-0.39, 0.29) is 56.0 Å². The summed E-state index contributed by atoms with van der Waals surface area (Å²) in [6.07, 6.45) is -2.43. The summed E-state index contributed by atoms with van der Waals surface area (Å²) in [5.74, 6) is -7.18. The predicted octanol–water partition coefficient (Wildman–Crippen LogP) is 10.3. The number of alkyl halides is 2. The fraction of sp³-hybridized carbons (Fsp3) is 0.635. The molecule has 2 aliphatic heterocycles. The maximum absolute atomic E-state index is 16.1. The number of carbonyl (C=O) groups excluding carboxylic acids is 9. The summed E-state index contributed by atoms with van der Waals surface area (Å²) < 4.78 is 77.6. The van der Waals surface area contributed by atoms with Crippen molar-refractivity contribution in [2.45, 2.75) is 236 Å². The zero-order chi connectivity index (χ0) is 71.1. The Morgan fingerprint density at radius 1 is 0.454 bits per heavy atom. The molecule has 4 fully saturated rings. The molecule has 8 atom stereocenters. The minimum Gasteiger partial charge on any atom is -0.458 e. The Bertz CT molecular complexity index is 3150. The molecule has 3 aromatic carbocycles. The van der Waals surface area contributed by atoms with E-state index in [1.807, 2.05) is 54.6 Å².